The first-order valence-corrected chi connectivity index (χ1v) is 9.04. The molecule has 0 fully saturated rings. The van der Waals surface area contributed by atoms with Crippen molar-refractivity contribution in [1.29, 1.82) is 0 Å². The summed E-state index contributed by atoms with van der Waals surface area (Å²) in [6, 6.07) is 7.49. The third kappa shape index (κ3) is 3.58. The Morgan fingerprint density at radius 1 is 1.25 bits per heavy atom. The van der Waals surface area contributed by atoms with Crippen molar-refractivity contribution in [2.24, 2.45) is 0 Å². The van der Waals surface area contributed by atoms with E-state index in [-0.39, 0.29) is 6.42 Å². The standard InChI is InChI=1S/C16H14ClN3O2S2/c1-20(2)13-6-3-9(8-18-13)16-19-10(7-14(21)22)15(24-16)11-4-5-12(17)23-11/h3-6,8H,7H2,1-2H3,(H,21,22)/p-1. The summed E-state index contributed by atoms with van der Waals surface area (Å²) in [5.41, 5.74) is 1.34. The minimum absolute atomic E-state index is 0.232. The molecule has 124 valence electrons. The predicted octanol–water partition coefficient (Wildman–Crippen LogP) is 2.95. The largest absolute Gasteiger partial charge is 0.550 e. The third-order valence-electron chi connectivity index (χ3n) is 3.26. The van der Waals surface area contributed by atoms with Gasteiger partial charge in [0, 0.05) is 43.1 Å². The zero-order valence-corrected chi connectivity index (χ0v) is 15.3. The molecule has 3 rings (SSSR count). The molecule has 0 unspecified atom stereocenters. The number of carboxylic acid groups (broad SMARTS) is 1. The number of hydrogen-bond donors (Lipinski definition) is 0. The molecule has 3 heterocycles. The smallest absolute Gasteiger partial charge is 0.127 e. The molecule has 3 aromatic heterocycles. The van der Waals surface area contributed by atoms with Crippen LogP contribution < -0.4 is 10.0 Å². The fourth-order valence-electron chi connectivity index (χ4n) is 2.14. The van der Waals surface area contributed by atoms with Gasteiger partial charge in [-0.15, -0.1) is 22.7 Å². The summed E-state index contributed by atoms with van der Waals surface area (Å²) < 4.78 is 0.649. The van der Waals surface area contributed by atoms with Crippen molar-refractivity contribution in [3.05, 3.63) is 40.5 Å². The Labute approximate surface area is 152 Å². The number of thiophene rings is 1. The average Bonchev–Trinajstić information content (AvgIpc) is 3.13. The molecule has 0 aromatic carbocycles. The van der Waals surface area contributed by atoms with Gasteiger partial charge in [-0.05, 0) is 24.3 Å². The quantitative estimate of drug-likeness (QED) is 0.682. The minimum atomic E-state index is -1.16. The number of carbonyl (C=O) groups is 1. The molecule has 8 heteroatoms. The molecule has 0 N–H and O–H groups in total. The van der Waals surface area contributed by atoms with Gasteiger partial charge in [-0.2, -0.15) is 0 Å². The Morgan fingerprint density at radius 3 is 2.58 bits per heavy atom. The topological polar surface area (TPSA) is 69.2 Å². The van der Waals surface area contributed by atoms with Gasteiger partial charge in [-0.3, -0.25) is 0 Å². The normalized spacial score (nSPS) is 10.8. The molecule has 3 aromatic rings. The van der Waals surface area contributed by atoms with E-state index in [0.29, 0.717) is 10.0 Å². The SMILES string of the molecule is CN(C)c1ccc(-c2nc(CC(=O)[O-])c(-c3ccc(Cl)s3)s2)cn1. The van der Waals surface area contributed by atoms with Gasteiger partial charge < -0.3 is 14.8 Å². The number of rotatable bonds is 5. The maximum atomic E-state index is 11.0. The summed E-state index contributed by atoms with van der Waals surface area (Å²) >= 11 is 8.83. The van der Waals surface area contributed by atoms with Crippen molar-refractivity contribution in [3.63, 3.8) is 0 Å². The van der Waals surface area contributed by atoms with E-state index in [1.807, 2.05) is 37.2 Å². The van der Waals surface area contributed by atoms with E-state index < -0.39 is 5.97 Å². The van der Waals surface area contributed by atoms with Crippen LogP contribution in [0.5, 0.6) is 0 Å². The number of thiazole rings is 1. The number of aromatic nitrogens is 2. The molecule has 0 atom stereocenters. The highest BCUT2D eigenvalue weighted by molar-refractivity contribution is 7.25. The molecule has 0 saturated heterocycles. The van der Waals surface area contributed by atoms with E-state index >= 15 is 0 Å². The summed E-state index contributed by atoms with van der Waals surface area (Å²) in [7, 11) is 3.84. The first kappa shape index (κ1) is 16.9. The fourth-order valence-corrected chi connectivity index (χ4v) is 4.38. The molecule has 0 radical (unpaired) electrons. The minimum Gasteiger partial charge on any atom is -0.550 e. The fraction of sp³-hybridized carbons (Fsp3) is 0.188. The summed E-state index contributed by atoms with van der Waals surface area (Å²) in [6.45, 7) is 0. The van der Waals surface area contributed by atoms with Crippen LogP contribution in [0, 0.1) is 0 Å². The number of carbonyl (C=O) groups excluding carboxylic acids is 1. The lowest BCUT2D eigenvalue weighted by Crippen LogP contribution is -2.24. The van der Waals surface area contributed by atoms with Gasteiger partial charge in [0.1, 0.15) is 10.8 Å². The molecule has 0 aliphatic heterocycles. The van der Waals surface area contributed by atoms with Crippen molar-refractivity contribution >= 4 is 46.1 Å². The van der Waals surface area contributed by atoms with Gasteiger partial charge >= 0.3 is 0 Å². The zero-order valence-electron chi connectivity index (χ0n) is 12.9. The van der Waals surface area contributed by atoms with Crippen LogP contribution in [0.4, 0.5) is 5.82 Å². The lowest BCUT2D eigenvalue weighted by atomic mass is 10.2. The highest BCUT2D eigenvalue weighted by Crippen LogP contribution is 2.40. The lowest BCUT2D eigenvalue weighted by Gasteiger charge is -2.10. The number of carboxylic acids is 1. The Hall–Kier alpha value is -1.96. The number of hydrogen-bond acceptors (Lipinski definition) is 7. The van der Waals surface area contributed by atoms with Crippen LogP contribution in [0.3, 0.4) is 0 Å². The van der Waals surface area contributed by atoms with Crippen molar-refractivity contribution in [2.45, 2.75) is 6.42 Å². The molecule has 0 amide bonds. The molecule has 5 nitrogen and oxygen atoms in total. The van der Waals surface area contributed by atoms with Crippen molar-refractivity contribution in [3.8, 4) is 20.3 Å². The second-order valence-electron chi connectivity index (χ2n) is 5.25. The van der Waals surface area contributed by atoms with E-state index in [4.69, 9.17) is 11.6 Å². The molecular weight excluding hydrogens is 366 g/mol. The first-order chi connectivity index (χ1) is 11.4. The van der Waals surface area contributed by atoms with Crippen LogP contribution in [-0.4, -0.2) is 30.0 Å². The van der Waals surface area contributed by atoms with Crippen LogP contribution >= 0.6 is 34.3 Å². The van der Waals surface area contributed by atoms with E-state index in [9.17, 15) is 9.90 Å². The zero-order chi connectivity index (χ0) is 17.3. The maximum Gasteiger partial charge on any atom is 0.127 e. The molecule has 0 aliphatic carbocycles. The summed E-state index contributed by atoms with van der Waals surface area (Å²) in [4.78, 5) is 23.5. The van der Waals surface area contributed by atoms with Crippen molar-refractivity contribution in [1.82, 2.24) is 9.97 Å². The number of aliphatic carboxylic acids is 1. The molecule has 0 bridgehead atoms. The van der Waals surface area contributed by atoms with Crippen LogP contribution in [-0.2, 0) is 11.2 Å². The highest BCUT2D eigenvalue weighted by Gasteiger charge is 2.16. The van der Waals surface area contributed by atoms with Gasteiger partial charge in [0.25, 0.3) is 0 Å². The van der Waals surface area contributed by atoms with Crippen LogP contribution in [0.1, 0.15) is 5.69 Å². The van der Waals surface area contributed by atoms with E-state index in [0.717, 1.165) is 26.1 Å². The molecule has 0 aliphatic rings. The number of anilines is 1. The second kappa shape index (κ2) is 6.88. The van der Waals surface area contributed by atoms with Gasteiger partial charge in [0.05, 0.1) is 14.9 Å². The Balaban J connectivity index is 2.02. The predicted molar refractivity (Wildman–Crippen MR) is 96.7 cm³/mol. The lowest BCUT2D eigenvalue weighted by molar-refractivity contribution is -0.304. The van der Waals surface area contributed by atoms with Gasteiger partial charge in [0.2, 0.25) is 0 Å². The van der Waals surface area contributed by atoms with Gasteiger partial charge in [0.15, 0.2) is 0 Å². The van der Waals surface area contributed by atoms with Gasteiger partial charge in [-0.1, -0.05) is 11.6 Å². The van der Waals surface area contributed by atoms with Crippen molar-refractivity contribution < 1.29 is 9.90 Å². The highest BCUT2D eigenvalue weighted by atomic mass is 35.5. The van der Waals surface area contributed by atoms with E-state index in [2.05, 4.69) is 9.97 Å². The summed E-state index contributed by atoms with van der Waals surface area (Å²) in [5, 5.41) is 11.8. The van der Waals surface area contributed by atoms with Crippen molar-refractivity contribution in [2.75, 3.05) is 19.0 Å². The second-order valence-corrected chi connectivity index (χ2v) is 7.96. The molecular formula is C16H13ClN3O2S2-. The Bertz CT molecular complexity index is 872. The van der Waals surface area contributed by atoms with Gasteiger partial charge in [-0.25, -0.2) is 9.97 Å². The number of halogens is 1. The maximum absolute atomic E-state index is 11.0. The molecule has 24 heavy (non-hydrogen) atoms. The third-order valence-corrected chi connectivity index (χ3v) is 5.82. The van der Waals surface area contributed by atoms with E-state index in [1.54, 1.807) is 12.3 Å². The Kier molecular flexibility index (Phi) is 4.84. The molecule has 0 spiro atoms. The summed E-state index contributed by atoms with van der Waals surface area (Å²) in [5.74, 6) is -0.313. The van der Waals surface area contributed by atoms with E-state index in [1.165, 1.54) is 22.7 Å². The first-order valence-electron chi connectivity index (χ1n) is 7.03. The molecule has 0 saturated carbocycles. The monoisotopic (exact) mass is 378 g/mol. The number of nitrogens with zero attached hydrogens (tertiary/aromatic N) is 3. The van der Waals surface area contributed by atoms with Crippen LogP contribution in [0.15, 0.2) is 30.5 Å². The average molecular weight is 379 g/mol. The number of pyridine rings is 1. The van der Waals surface area contributed by atoms with Crippen LogP contribution in [0.25, 0.3) is 20.3 Å². The Morgan fingerprint density at radius 2 is 2.04 bits per heavy atom. The summed E-state index contributed by atoms with van der Waals surface area (Å²) in [6.07, 6.45) is 1.51. The van der Waals surface area contributed by atoms with Crippen LogP contribution in [0.2, 0.25) is 4.34 Å².